The first-order valence-electron chi connectivity index (χ1n) is 8.43. The van der Waals surface area contributed by atoms with Gasteiger partial charge in [-0.1, -0.05) is 32.0 Å². The van der Waals surface area contributed by atoms with Crippen molar-refractivity contribution in [1.29, 1.82) is 0 Å². The summed E-state index contributed by atoms with van der Waals surface area (Å²) in [5.74, 6) is 2.21. The van der Waals surface area contributed by atoms with Crippen LogP contribution in [0.4, 0.5) is 0 Å². The van der Waals surface area contributed by atoms with Crippen LogP contribution in [0.15, 0.2) is 29.3 Å². The van der Waals surface area contributed by atoms with E-state index in [0.29, 0.717) is 19.1 Å². The maximum Gasteiger partial charge on any atom is 0.191 e. The summed E-state index contributed by atoms with van der Waals surface area (Å²) in [5.41, 5.74) is 1.24. The first kappa shape index (κ1) is 19.3. The van der Waals surface area contributed by atoms with Gasteiger partial charge < -0.3 is 20.1 Å². The predicted molar refractivity (Wildman–Crippen MR) is 96.5 cm³/mol. The number of para-hydroxylation sites is 1. The van der Waals surface area contributed by atoms with Gasteiger partial charge in [0.25, 0.3) is 0 Å². The fourth-order valence-corrected chi connectivity index (χ4v) is 2.17. The maximum atomic E-state index is 5.89. The van der Waals surface area contributed by atoms with Gasteiger partial charge in [0.1, 0.15) is 12.4 Å². The zero-order valence-corrected chi connectivity index (χ0v) is 14.9. The van der Waals surface area contributed by atoms with Crippen LogP contribution >= 0.6 is 0 Å². The monoisotopic (exact) mass is 321 g/mol. The summed E-state index contributed by atoms with van der Waals surface area (Å²) in [5, 5.41) is 6.51. The normalized spacial score (nSPS) is 11.6. The van der Waals surface area contributed by atoms with Crippen molar-refractivity contribution in [3.05, 3.63) is 29.8 Å². The minimum atomic E-state index is 0.457. The van der Waals surface area contributed by atoms with Crippen molar-refractivity contribution in [2.75, 3.05) is 40.0 Å². The Morgan fingerprint density at radius 1 is 1.13 bits per heavy atom. The van der Waals surface area contributed by atoms with E-state index in [1.807, 2.05) is 19.1 Å². The third-order valence-corrected chi connectivity index (χ3v) is 3.38. The van der Waals surface area contributed by atoms with Gasteiger partial charge in [-0.2, -0.15) is 0 Å². The van der Waals surface area contributed by atoms with Gasteiger partial charge in [-0.15, -0.1) is 0 Å². The third-order valence-electron chi connectivity index (χ3n) is 3.38. The highest BCUT2D eigenvalue weighted by Crippen LogP contribution is 2.25. The lowest BCUT2D eigenvalue weighted by molar-refractivity contribution is 0.145. The van der Waals surface area contributed by atoms with Crippen LogP contribution in [-0.2, 0) is 4.74 Å². The minimum absolute atomic E-state index is 0.457. The van der Waals surface area contributed by atoms with Crippen molar-refractivity contribution in [1.82, 2.24) is 10.6 Å². The number of benzene rings is 1. The summed E-state index contributed by atoms with van der Waals surface area (Å²) >= 11 is 0. The summed E-state index contributed by atoms with van der Waals surface area (Å²) in [6.45, 7) is 10.0. The summed E-state index contributed by atoms with van der Waals surface area (Å²) in [7, 11) is 1.77. The van der Waals surface area contributed by atoms with Gasteiger partial charge in [0.05, 0.1) is 6.54 Å². The highest BCUT2D eigenvalue weighted by Gasteiger charge is 2.06. The standard InChI is InChI=1S/C18H31N3O2/c1-5-22-13-8-11-20-18(19-4)21-12-14-23-17-10-7-6-9-16(17)15(2)3/h6-7,9-10,15H,5,8,11-14H2,1-4H3,(H2,19,20,21). The zero-order chi connectivity index (χ0) is 16.9. The first-order chi connectivity index (χ1) is 11.2. The Bertz CT molecular complexity index is 461. The Balaban J connectivity index is 2.25. The van der Waals surface area contributed by atoms with Crippen LogP contribution < -0.4 is 15.4 Å². The summed E-state index contributed by atoms with van der Waals surface area (Å²) < 4.78 is 11.2. The fourth-order valence-electron chi connectivity index (χ4n) is 2.17. The van der Waals surface area contributed by atoms with E-state index < -0.39 is 0 Å². The Morgan fingerprint density at radius 3 is 2.57 bits per heavy atom. The van der Waals surface area contributed by atoms with Gasteiger partial charge in [0.2, 0.25) is 0 Å². The molecule has 5 heteroatoms. The molecule has 0 bridgehead atoms. The van der Waals surface area contributed by atoms with E-state index in [9.17, 15) is 0 Å². The molecule has 0 saturated carbocycles. The molecule has 0 atom stereocenters. The summed E-state index contributed by atoms with van der Waals surface area (Å²) in [6, 6.07) is 8.20. The topological polar surface area (TPSA) is 54.9 Å². The van der Waals surface area contributed by atoms with Gasteiger partial charge in [-0.05, 0) is 30.9 Å². The molecule has 0 unspecified atom stereocenters. The second kappa shape index (κ2) is 11.8. The van der Waals surface area contributed by atoms with Gasteiger partial charge in [0, 0.05) is 26.8 Å². The van der Waals surface area contributed by atoms with E-state index in [1.54, 1.807) is 7.05 Å². The van der Waals surface area contributed by atoms with E-state index in [0.717, 1.165) is 37.9 Å². The van der Waals surface area contributed by atoms with Crippen LogP contribution in [-0.4, -0.2) is 45.9 Å². The van der Waals surface area contributed by atoms with Crippen molar-refractivity contribution in [2.45, 2.75) is 33.1 Å². The van der Waals surface area contributed by atoms with Crippen molar-refractivity contribution in [2.24, 2.45) is 4.99 Å². The summed E-state index contributed by atoms with van der Waals surface area (Å²) in [6.07, 6.45) is 0.965. The molecule has 0 heterocycles. The van der Waals surface area contributed by atoms with Crippen molar-refractivity contribution < 1.29 is 9.47 Å². The molecule has 1 rings (SSSR count). The molecule has 0 amide bonds. The lowest BCUT2D eigenvalue weighted by Gasteiger charge is -2.15. The van der Waals surface area contributed by atoms with E-state index in [-0.39, 0.29) is 0 Å². The smallest absolute Gasteiger partial charge is 0.191 e. The lowest BCUT2D eigenvalue weighted by atomic mass is 10.0. The van der Waals surface area contributed by atoms with Crippen LogP contribution in [0.2, 0.25) is 0 Å². The molecule has 1 aromatic carbocycles. The molecule has 0 aromatic heterocycles. The number of aliphatic imine (C=N–C) groups is 1. The second-order valence-corrected chi connectivity index (χ2v) is 5.52. The van der Waals surface area contributed by atoms with Crippen molar-refractivity contribution in [3.8, 4) is 5.75 Å². The number of guanidine groups is 1. The average molecular weight is 321 g/mol. The van der Waals surface area contributed by atoms with Gasteiger partial charge in [0.15, 0.2) is 5.96 Å². The van der Waals surface area contributed by atoms with E-state index in [4.69, 9.17) is 9.47 Å². The largest absolute Gasteiger partial charge is 0.491 e. The number of ether oxygens (including phenoxy) is 2. The Labute approximate surface area is 140 Å². The minimum Gasteiger partial charge on any atom is -0.491 e. The zero-order valence-electron chi connectivity index (χ0n) is 14.9. The van der Waals surface area contributed by atoms with Crippen LogP contribution in [0, 0.1) is 0 Å². The first-order valence-corrected chi connectivity index (χ1v) is 8.43. The lowest BCUT2D eigenvalue weighted by Crippen LogP contribution is -2.39. The van der Waals surface area contributed by atoms with Crippen LogP contribution in [0.25, 0.3) is 0 Å². The number of rotatable bonds is 10. The molecular weight excluding hydrogens is 290 g/mol. The molecule has 130 valence electrons. The molecule has 0 aliphatic rings. The van der Waals surface area contributed by atoms with Crippen molar-refractivity contribution >= 4 is 5.96 Å². The van der Waals surface area contributed by atoms with Crippen LogP contribution in [0.1, 0.15) is 38.7 Å². The molecule has 0 saturated heterocycles. The summed E-state index contributed by atoms with van der Waals surface area (Å²) in [4.78, 5) is 4.19. The quantitative estimate of drug-likeness (QED) is 0.395. The molecule has 23 heavy (non-hydrogen) atoms. The Hall–Kier alpha value is -1.75. The molecule has 1 aromatic rings. The van der Waals surface area contributed by atoms with Gasteiger partial charge >= 0.3 is 0 Å². The van der Waals surface area contributed by atoms with E-state index in [2.05, 4.69) is 41.6 Å². The number of nitrogens with one attached hydrogen (secondary N) is 2. The molecule has 0 fully saturated rings. The van der Waals surface area contributed by atoms with E-state index in [1.165, 1.54) is 5.56 Å². The Kier molecular flexibility index (Phi) is 9.87. The molecule has 0 aliphatic carbocycles. The fraction of sp³-hybridized carbons (Fsp3) is 0.611. The van der Waals surface area contributed by atoms with Crippen molar-refractivity contribution in [3.63, 3.8) is 0 Å². The highest BCUT2D eigenvalue weighted by atomic mass is 16.5. The number of hydrogen-bond donors (Lipinski definition) is 2. The molecule has 0 aliphatic heterocycles. The number of nitrogens with zero attached hydrogens (tertiary/aromatic N) is 1. The van der Waals surface area contributed by atoms with Crippen LogP contribution in [0.5, 0.6) is 5.75 Å². The molecule has 2 N–H and O–H groups in total. The SMILES string of the molecule is CCOCCCNC(=NC)NCCOc1ccccc1C(C)C. The Morgan fingerprint density at radius 2 is 1.87 bits per heavy atom. The number of hydrogen-bond acceptors (Lipinski definition) is 3. The van der Waals surface area contributed by atoms with Crippen LogP contribution in [0.3, 0.4) is 0 Å². The predicted octanol–water partition coefficient (Wildman–Crippen LogP) is 2.78. The third kappa shape index (κ3) is 7.88. The maximum absolute atomic E-state index is 5.89. The molecule has 0 spiro atoms. The van der Waals surface area contributed by atoms with Gasteiger partial charge in [-0.25, -0.2) is 0 Å². The van der Waals surface area contributed by atoms with Gasteiger partial charge in [-0.3, -0.25) is 4.99 Å². The molecule has 5 nitrogen and oxygen atoms in total. The van der Waals surface area contributed by atoms with E-state index >= 15 is 0 Å². The average Bonchev–Trinajstić information content (AvgIpc) is 2.56. The molecular formula is C18H31N3O2. The second-order valence-electron chi connectivity index (χ2n) is 5.52. The molecule has 0 radical (unpaired) electrons. The highest BCUT2D eigenvalue weighted by molar-refractivity contribution is 5.79.